The van der Waals surface area contributed by atoms with Crippen LogP contribution in [0.5, 0.6) is 0 Å². The number of nitrogen functional groups attached to an aromatic ring is 1. The fourth-order valence-corrected chi connectivity index (χ4v) is 1.75. The molecular formula is C13H19N5O2. The van der Waals surface area contributed by atoms with Crippen LogP contribution >= 0.6 is 0 Å². The number of hydrogen-bond acceptors (Lipinski definition) is 6. The SMILES string of the molecule is COCCOCCCn1nnnc1-c1ccc(N)cc1. The number of tetrazole rings is 1. The van der Waals surface area contributed by atoms with Crippen LogP contribution in [0.1, 0.15) is 6.42 Å². The van der Waals surface area contributed by atoms with Gasteiger partial charge in [0.1, 0.15) is 0 Å². The first-order chi connectivity index (χ1) is 9.81. The molecule has 7 nitrogen and oxygen atoms in total. The summed E-state index contributed by atoms with van der Waals surface area (Å²) in [6.45, 7) is 2.59. The third-order valence-electron chi connectivity index (χ3n) is 2.79. The van der Waals surface area contributed by atoms with Gasteiger partial charge in [0.25, 0.3) is 0 Å². The first-order valence-electron chi connectivity index (χ1n) is 6.50. The highest BCUT2D eigenvalue weighted by atomic mass is 16.5. The Labute approximate surface area is 117 Å². The minimum absolute atomic E-state index is 0.608. The number of hydrogen-bond donors (Lipinski definition) is 1. The molecule has 0 aliphatic carbocycles. The van der Waals surface area contributed by atoms with Gasteiger partial charge in [-0.2, -0.15) is 0 Å². The molecule has 0 saturated heterocycles. The van der Waals surface area contributed by atoms with Crippen molar-refractivity contribution in [1.82, 2.24) is 20.2 Å². The standard InChI is InChI=1S/C13H19N5O2/c1-19-9-10-20-8-2-7-18-13(15-16-17-18)11-3-5-12(14)6-4-11/h3-6H,2,7-10,14H2,1H3. The van der Waals surface area contributed by atoms with Gasteiger partial charge in [0.15, 0.2) is 5.82 Å². The van der Waals surface area contributed by atoms with Crippen LogP contribution in [0.2, 0.25) is 0 Å². The topological polar surface area (TPSA) is 88.1 Å². The van der Waals surface area contributed by atoms with Crippen LogP contribution in [0, 0.1) is 0 Å². The van der Waals surface area contributed by atoms with Crippen molar-refractivity contribution in [3.63, 3.8) is 0 Å². The monoisotopic (exact) mass is 277 g/mol. The highest BCUT2D eigenvalue weighted by molar-refractivity contribution is 5.58. The lowest BCUT2D eigenvalue weighted by atomic mass is 10.2. The van der Waals surface area contributed by atoms with Gasteiger partial charge in [-0.3, -0.25) is 0 Å². The van der Waals surface area contributed by atoms with E-state index in [-0.39, 0.29) is 0 Å². The van der Waals surface area contributed by atoms with Gasteiger partial charge in [0.2, 0.25) is 0 Å². The molecule has 0 aliphatic rings. The predicted molar refractivity (Wildman–Crippen MR) is 75.0 cm³/mol. The molecule has 0 spiro atoms. The van der Waals surface area contributed by atoms with Gasteiger partial charge in [-0.25, -0.2) is 4.68 Å². The summed E-state index contributed by atoms with van der Waals surface area (Å²) in [4.78, 5) is 0. The maximum absolute atomic E-state index is 5.67. The van der Waals surface area contributed by atoms with Crippen molar-refractivity contribution in [2.45, 2.75) is 13.0 Å². The van der Waals surface area contributed by atoms with Crippen molar-refractivity contribution in [3.8, 4) is 11.4 Å². The molecule has 20 heavy (non-hydrogen) atoms. The highest BCUT2D eigenvalue weighted by Crippen LogP contribution is 2.17. The summed E-state index contributed by atoms with van der Waals surface area (Å²) in [6, 6.07) is 7.49. The second-order valence-electron chi connectivity index (χ2n) is 4.31. The number of methoxy groups -OCH3 is 1. The number of rotatable bonds is 8. The fraction of sp³-hybridized carbons (Fsp3) is 0.462. The van der Waals surface area contributed by atoms with Crippen molar-refractivity contribution in [3.05, 3.63) is 24.3 Å². The average Bonchev–Trinajstić information content (AvgIpc) is 2.92. The number of benzene rings is 1. The summed E-state index contributed by atoms with van der Waals surface area (Å²) in [5.41, 5.74) is 7.34. The summed E-state index contributed by atoms with van der Waals surface area (Å²) in [5.74, 6) is 0.738. The Hall–Kier alpha value is -1.99. The van der Waals surface area contributed by atoms with Gasteiger partial charge in [-0.15, -0.1) is 5.10 Å². The number of nitrogens with two attached hydrogens (primary N) is 1. The van der Waals surface area contributed by atoms with Crippen molar-refractivity contribution in [1.29, 1.82) is 0 Å². The predicted octanol–water partition coefficient (Wildman–Crippen LogP) is 0.975. The Balaban J connectivity index is 1.87. The highest BCUT2D eigenvalue weighted by Gasteiger charge is 2.08. The molecule has 0 unspecified atom stereocenters. The van der Waals surface area contributed by atoms with Gasteiger partial charge in [-0.1, -0.05) is 0 Å². The summed E-state index contributed by atoms with van der Waals surface area (Å²) in [7, 11) is 1.66. The molecule has 0 saturated carbocycles. The van der Waals surface area contributed by atoms with Crippen LogP contribution in [-0.4, -0.2) is 47.1 Å². The first kappa shape index (κ1) is 14.4. The normalized spacial score (nSPS) is 10.8. The lowest BCUT2D eigenvalue weighted by molar-refractivity contribution is 0.0677. The van der Waals surface area contributed by atoms with Gasteiger partial charge in [-0.05, 0) is 41.1 Å². The summed E-state index contributed by atoms with van der Waals surface area (Å²) >= 11 is 0. The van der Waals surface area contributed by atoms with E-state index < -0.39 is 0 Å². The van der Waals surface area contributed by atoms with Crippen molar-refractivity contribution < 1.29 is 9.47 Å². The van der Waals surface area contributed by atoms with Crippen molar-refractivity contribution in [2.24, 2.45) is 0 Å². The molecule has 0 atom stereocenters. The molecule has 108 valence electrons. The quantitative estimate of drug-likeness (QED) is 0.571. The number of aryl methyl sites for hydroxylation is 1. The molecule has 2 rings (SSSR count). The van der Waals surface area contributed by atoms with E-state index in [1.807, 2.05) is 24.3 Å². The Kier molecular flexibility index (Phi) is 5.45. The van der Waals surface area contributed by atoms with Crippen molar-refractivity contribution >= 4 is 5.69 Å². The Morgan fingerprint density at radius 1 is 1.15 bits per heavy atom. The van der Waals surface area contributed by atoms with Crippen LogP contribution < -0.4 is 5.73 Å². The van der Waals surface area contributed by atoms with Gasteiger partial charge in [0, 0.05) is 31.5 Å². The second-order valence-corrected chi connectivity index (χ2v) is 4.31. The molecule has 1 heterocycles. The summed E-state index contributed by atoms with van der Waals surface area (Å²) in [6.07, 6.45) is 0.844. The zero-order valence-electron chi connectivity index (χ0n) is 11.5. The Bertz CT molecular complexity index is 512. The van der Waals surface area contributed by atoms with E-state index in [1.54, 1.807) is 11.8 Å². The average molecular weight is 277 g/mol. The molecule has 0 amide bonds. The van der Waals surface area contributed by atoms with E-state index in [4.69, 9.17) is 15.2 Å². The first-order valence-corrected chi connectivity index (χ1v) is 6.50. The molecule has 1 aromatic heterocycles. The second kappa shape index (κ2) is 7.56. The number of anilines is 1. The van der Waals surface area contributed by atoms with Crippen LogP contribution in [0.15, 0.2) is 24.3 Å². The van der Waals surface area contributed by atoms with Crippen LogP contribution in [0.25, 0.3) is 11.4 Å². The van der Waals surface area contributed by atoms with Gasteiger partial charge < -0.3 is 15.2 Å². The fourth-order valence-electron chi connectivity index (χ4n) is 1.75. The van der Waals surface area contributed by atoms with Crippen LogP contribution in [0.4, 0.5) is 5.69 Å². The molecule has 2 N–H and O–H groups in total. The molecule has 0 bridgehead atoms. The third-order valence-corrected chi connectivity index (χ3v) is 2.79. The van der Waals surface area contributed by atoms with E-state index in [1.165, 1.54) is 0 Å². The molecule has 1 aromatic carbocycles. The molecule has 2 aromatic rings. The van der Waals surface area contributed by atoms with Crippen LogP contribution in [-0.2, 0) is 16.0 Å². The minimum atomic E-state index is 0.608. The third kappa shape index (κ3) is 4.01. The Morgan fingerprint density at radius 2 is 1.95 bits per heavy atom. The van der Waals surface area contributed by atoms with Gasteiger partial charge in [0.05, 0.1) is 13.2 Å². The molecule has 7 heteroatoms. The zero-order chi connectivity index (χ0) is 14.2. The molecule has 0 radical (unpaired) electrons. The van der Waals surface area contributed by atoms with E-state index in [9.17, 15) is 0 Å². The minimum Gasteiger partial charge on any atom is -0.399 e. The maximum atomic E-state index is 5.67. The Morgan fingerprint density at radius 3 is 2.70 bits per heavy atom. The lowest BCUT2D eigenvalue weighted by Gasteiger charge is -2.06. The van der Waals surface area contributed by atoms with E-state index in [0.29, 0.717) is 26.4 Å². The van der Waals surface area contributed by atoms with E-state index in [2.05, 4.69) is 15.5 Å². The summed E-state index contributed by atoms with van der Waals surface area (Å²) < 4.78 is 12.1. The van der Waals surface area contributed by atoms with Gasteiger partial charge >= 0.3 is 0 Å². The maximum Gasteiger partial charge on any atom is 0.182 e. The smallest absolute Gasteiger partial charge is 0.182 e. The number of ether oxygens (including phenoxy) is 2. The lowest BCUT2D eigenvalue weighted by Crippen LogP contribution is -2.08. The van der Waals surface area contributed by atoms with E-state index >= 15 is 0 Å². The van der Waals surface area contributed by atoms with Crippen molar-refractivity contribution in [2.75, 3.05) is 32.7 Å². The van der Waals surface area contributed by atoms with Crippen LogP contribution in [0.3, 0.4) is 0 Å². The molecule has 0 fully saturated rings. The summed E-state index contributed by atoms with van der Waals surface area (Å²) in [5, 5.41) is 11.8. The largest absolute Gasteiger partial charge is 0.399 e. The zero-order valence-corrected chi connectivity index (χ0v) is 11.5. The van der Waals surface area contributed by atoms with E-state index in [0.717, 1.165) is 23.5 Å². The molecular weight excluding hydrogens is 258 g/mol. The molecule has 0 aliphatic heterocycles. The number of aromatic nitrogens is 4. The number of nitrogens with zero attached hydrogens (tertiary/aromatic N) is 4.